The Morgan fingerprint density at radius 2 is 1.66 bits per heavy atom. The highest BCUT2D eigenvalue weighted by atomic mass is 32.1. The third-order valence-electron chi connectivity index (χ3n) is 4.56. The molecular weight excluding hydrogens is 386 g/mol. The third-order valence-corrected chi connectivity index (χ3v) is 5.39. The number of anilines is 1. The van der Waals surface area contributed by atoms with E-state index in [2.05, 4.69) is 10.6 Å². The Hall–Kier alpha value is -3.16. The average Bonchev–Trinajstić information content (AvgIpc) is 3.21. The predicted molar refractivity (Wildman–Crippen MR) is 115 cm³/mol. The molecule has 0 radical (unpaired) electrons. The Labute approximate surface area is 173 Å². The summed E-state index contributed by atoms with van der Waals surface area (Å²) in [6, 6.07) is 18.5. The van der Waals surface area contributed by atoms with E-state index < -0.39 is 11.9 Å². The molecule has 0 aliphatic heterocycles. The van der Waals surface area contributed by atoms with Gasteiger partial charge in [0.1, 0.15) is 10.8 Å². The largest absolute Gasteiger partial charge is 0.497 e. The van der Waals surface area contributed by atoms with Crippen LogP contribution in [-0.4, -0.2) is 25.0 Å². The van der Waals surface area contributed by atoms with Crippen molar-refractivity contribution in [1.29, 1.82) is 0 Å². The summed E-state index contributed by atoms with van der Waals surface area (Å²) in [4.78, 5) is 24.2. The van der Waals surface area contributed by atoms with Crippen LogP contribution >= 0.6 is 11.3 Å². The summed E-state index contributed by atoms with van der Waals surface area (Å²) < 4.78 is 5.24. The van der Waals surface area contributed by atoms with Crippen molar-refractivity contribution in [2.24, 2.45) is 5.73 Å². The van der Waals surface area contributed by atoms with Crippen molar-refractivity contribution in [3.05, 3.63) is 82.7 Å². The molecule has 29 heavy (non-hydrogen) atoms. The molecule has 3 aromatic rings. The summed E-state index contributed by atoms with van der Waals surface area (Å²) in [5.41, 5.74) is 7.71. The summed E-state index contributed by atoms with van der Waals surface area (Å²) in [6.07, 6.45) is 0. The van der Waals surface area contributed by atoms with E-state index in [1.807, 2.05) is 54.6 Å². The van der Waals surface area contributed by atoms with Gasteiger partial charge < -0.3 is 15.8 Å². The van der Waals surface area contributed by atoms with Gasteiger partial charge in [0.2, 0.25) is 5.91 Å². The first-order valence-corrected chi connectivity index (χ1v) is 10.0. The standard InChI is InChI=1S/C22H23N3O3S/c1-14(21(27)25-22-18(20(23)26)12-13-29-22)24-19(15-6-4-3-5-7-15)16-8-10-17(28-2)11-9-16/h3-14,19,24H,1-2H3,(H2,23,26)(H,25,27). The molecule has 150 valence electrons. The quantitative estimate of drug-likeness (QED) is 0.530. The molecule has 2 atom stereocenters. The van der Waals surface area contributed by atoms with Crippen LogP contribution in [0.4, 0.5) is 5.00 Å². The first kappa shape index (κ1) is 20.6. The number of carbonyl (C=O) groups excluding carboxylic acids is 2. The number of methoxy groups -OCH3 is 1. The van der Waals surface area contributed by atoms with E-state index in [0.717, 1.165) is 16.9 Å². The molecule has 0 bridgehead atoms. The molecule has 1 aromatic heterocycles. The first-order valence-electron chi connectivity index (χ1n) is 9.12. The van der Waals surface area contributed by atoms with Crippen LogP contribution in [0.5, 0.6) is 5.75 Å². The van der Waals surface area contributed by atoms with Gasteiger partial charge in [-0.1, -0.05) is 42.5 Å². The molecule has 2 aromatic carbocycles. The first-order chi connectivity index (χ1) is 14.0. The molecular formula is C22H23N3O3S. The minimum atomic E-state index is -0.567. The summed E-state index contributed by atoms with van der Waals surface area (Å²) in [5, 5.41) is 8.35. The second-order valence-corrected chi connectivity index (χ2v) is 7.44. The number of rotatable bonds is 8. The lowest BCUT2D eigenvalue weighted by Gasteiger charge is -2.24. The van der Waals surface area contributed by atoms with Gasteiger partial charge in [0.25, 0.3) is 5.91 Å². The number of benzene rings is 2. The lowest BCUT2D eigenvalue weighted by molar-refractivity contribution is -0.117. The predicted octanol–water partition coefficient (Wildman–Crippen LogP) is 3.56. The summed E-state index contributed by atoms with van der Waals surface area (Å²) in [5.74, 6) is -0.0463. The number of carbonyl (C=O) groups is 2. The fraction of sp³-hybridized carbons (Fsp3) is 0.182. The van der Waals surface area contributed by atoms with E-state index in [-0.39, 0.29) is 11.9 Å². The van der Waals surface area contributed by atoms with E-state index >= 15 is 0 Å². The van der Waals surface area contributed by atoms with Gasteiger partial charge in [-0.3, -0.25) is 14.9 Å². The Morgan fingerprint density at radius 3 is 2.28 bits per heavy atom. The van der Waals surface area contributed by atoms with Crippen LogP contribution in [0, 0.1) is 0 Å². The molecule has 0 fully saturated rings. The number of thiophene rings is 1. The number of primary amides is 1. The van der Waals surface area contributed by atoms with E-state index in [4.69, 9.17) is 10.5 Å². The zero-order chi connectivity index (χ0) is 20.8. The van der Waals surface area contributed by atoms with Crippen molar-refractivity contribution < 1.29 is 14.3 Å². The topological polar surface area (TPSA) is 93.4 Å². The second kappa shape index (κ2) is 9.36. The Kier molecular flexibility index (Phi) is 6.64. The fourth-order valence-corrected chi connectivity index (χ4v) is 3.77. The highest BCUT2D eigenvalue weighted by Crippen LogP contribution is 2.26. The van der Waals surface area contributed by atoms with Crippen LogP contribution in [0.25, 0.3) is 0 Å². The van der Waals surface area contributed by atoms with Gasteiger partial charge in [-0.25, -0.2) is 0 Å². The van der Waals surface area contributed by atoms with Crippen molar-refractivity contribution in [2.45, 2.75) is 19.0 Å². The zero-order valence-electron chi connectivity index (χ0n) is 16.2. The minimum absolute atomic E-state index is 0.193. The number of hydrogen-bond acceptors (Lipinski definition) is 5. The molecule has 7 heteroatoms. The third kappa shape index (κ3) is 5.01. The van der Waals surface area contributed by atoms with Crippen LogP contribution in [0.1, 0.15) is 34.5 Å². The van der Waals surface area contributed by atoms with E-state index in [1.54, 1.807) is 25.5 Å². The van der Waals surface area contributed by atoms with Crippen molar-refractivity contribution in [3.8, 4) is 5.75 Å². The number of amides is 2. The molecule has 0 aliphatic carbocycles. The van der Waals surface area contributed by atoms with E-state index in [1.165, 1.54) is 11.3 Å². The van der Waals surface area contributed by atoms with Crippen LogP contribution in [0.3, 0.4) is 0 Å². The van der Waals surface area contributed by atoms with Crippen LogP contribution in [0.2, 0.25) is 0 Å². The Morgan fingerprint density at radius 1 is 1.00 bits per heavy atom. The monoisotopic (exact) mass is 409 g/mol. The van der Waals surface area contributed by atoms with Crippen LogP contribution in [-0.2, 0) is 4.79 Å². The molecule has 6 nitrogen and oxygen atoms in total. The minimum Gasteiger partial charge on any atom is -0.497 e. The molecule has 2 amide bonds. The van der Waals surface area contributed by atoms with Gasteiger partial charge in [0.15, 0.2) is 0 Å². The van der Waals surface area contributed by atoms with E-state index in [9.17, 15) is 9.59 Å². The second-order valence-electron chi connectivity index (χ2n) is 6.52. The Bertz CT molecular complexity index is 970. The van der Waals surface area contributed by atoms with Crippen molar-refractivity contribution in [3.63, 3.8) is 0 Å². The molecule has 0 saturated heterocycles. The average molecular weight is 410 g/mol. The molecule has 0 aliphatic rings. The van der Waals surface area contributed by atoms with Crippen molar-refractivity contribution in [1.82, 2.24) is 5.32 Å². The molecule has 0 saturated carbocycles. The molecule has 3 rings (SSSR count). The number of nitrogens with two attached hydrogens (primary N) is 1. The highest BCUT2D eigenvalue weighted by Gasteiger charge is 2.22. The number of ether oxygens (including phenoxy) is 1. The highest BCUT2D eigenvalue weighted by molar-refractivity contribution is 7.14. The summed E-state index contributed by atoms with van der Waals surface area (Å²) in [6.45, 7) is 1.78. The van der Waals surface area contributed by atoms with E-state index in [0.29, 0.717) is 10.6 Å². The zero-order valence-corrected chi connectivity index (χ0v) is 17.0. The summed E-state index contributed by atoms with van der Waals surface area (Å²) >= 11 is 1.26. The van der Waals surface area contributed by atoms with Gasteiger partial charge in [-0.2, -0.15) is 0 Å². The molecule has 1 heterocycles. The number of nitrogens with one attached hydrogen (secondary N) is 2. The van der Waals surface area contributed by atoms with Gasteiger partial charge in [-0.05, 0) is 41.6 Å². The lowest BCUT2D eigenvalue weighted by atomic mass is 9.97. The normalized spacial score (nSPS) is 12.8. The van der Waals surface area contributed by atoms with Crippen molar-refractivity contribution in [2.75, 3.05) is 12.4 Å². The molecule has 4 N–H and O–H groups in total. The maximum Gasteiger partial charge on any atom is 0.251 e. The van der Waals surface area contributed by atoms with Gasteiger partial charge >= 0.3 is 0 Å². The maximum absolute atomic E-state index is 12.7. The van der Waals surface area contributed by atoms with Gasteiger partial charge in [-0.15, -0.1) is 11.3 Å². The fourth-order valence-electron chi connectivity index (χ4n) is 2.97. The maximum atomic E-state index is 12.7. The number of hydrogen-bond donors (Lipinski definition) is 3. The van der Waals surface area contributed by atoms with Crippen LogP contribution < -0.4 is 21.1 Å². The molecule has 2 unspecified atom stereocenters. The lowest BCUT2D eigenvalue weighted by Crippen LogP contribution is -2.40. The van der Waals surface area contributed by atoms with Gasteiger partial charge in [0, 0.05) is 0 Å². The Balaban J connectivity index is 1.80. The summed E-state index contributed by atoms with van der Waals surface area (Å²) in [7, 11) is 1.62. The van der Waals surface area contributed by atoms with Crippen molar-refractivity contribution >= 4 is 28.2 Å². The molecule has 0 spiro atoms. The SMILES string of the molecule is COc1ccc(C(NC(C)C(=O)Nc2sccc2C(N)=O)c2ccccc2)cc1. The van der Waals surface area contributed by atoms with Crippen LogP contribution in [0.15, 0.2) is 66.0 Å². The smallest absolute Gasteiger partial charge is 0.251 e. The van der Waals surface area contributed by atoms with Gasteiger partial charge in [0.05, 0.1) is 24.8 Å².